The molecule has 0 unspecified atom stereocenters. The average Bonchev–Trinajstić information content (AvgIpc) is 3.43. The highest BCUT2D eigenvalue weighted by atomic mass is 15.2. The third-order valence-corrected chi connectivity index (χ3v) is 5.86. The molecule has 1 aliphatic rings. The van der Waals surface area contributed by atoms with E-state index in [1.54, 1.807) is 6.20 Å². The fourth-order valence-corrected chi connectivity index (χ4v) is 4.34. The van der Waals surface area contributed by atoms with E-state index in [1.165, 1.54) is 30.3 Å². The first kappa shape index (κ1) is 17.1. The van der Waals surface area contributed by atoms with Gasteiger partial charge in [-0.15, -0.1) is 0 Å². The van der Waals surface area contributed by atoms with Crippen LogP contribution in [0, 0.1) is 0 Å². The Morgan fingerprint density at radius 2 is 1.83 bits per heavy atom. The summed E-state index contributed by atoms with van der Waals surface area (Å²) < 4.78 is 0. The number of hydrogen-bond acceptors (Lipinski definition) is 5. The van der Waals surface area contributed by atoms with Gasteiger partial charge in [0.05, 0.1) is 40.7 Å². The zero-order valence-electron chi connectivity index (χ0n) is 16.5. The number of pyridine rings is 3. The van der Waals surface area contributed by atoms with Gasteiger partial charge in [-0.3, -0.25) is 15.1 Å². The van der Waals surface area contributed by atoms with E-state index in [2.05, 4.69) is 47.2 Å². The van der Waals surface area contributed by atoms with Crippen LogP contribution < -0.4 is 4.90 Å². The highest BCUT2D eigenvalue weighted by Gasteiger charge is 2.18. The lowest BCUT2D eigenvalue weighted by Crippen LogP contribution is -2.29. The molecule has 148 valence electrons. The highest BCUT2D eigenvalue weighted by molar-refractivity contribution is 5.99. The van der Waals surface area contributed by atoms with Crippen molar-refractivity contribution in [1.82, 2.24) is 30.1 Å². The standard InChI is InChI=1S/C23H21N7/c1-4-8-30(9-5-1)21-14-24-13-20-16(21)11-19(27-20)22-17-10-15(12-26-23(17)29-28-22)18-6-2-3-7-25-18/h2-3,6-7,10-14,27H,1,4-5,8-9H2,(H,26,28,29). The van der Waals surface area contributed by atoms with Gasteiger partial charge in [0.1, 0.15) is 0 Å². The highest BCUT2D eigenvalue weighted by Crippen LogP contribution is 2.34. The van der Waals surface area contributed by atoms with Gasteiger partial charge in [0.25, 0.3) is 0 Å². The summed E-state index contributed by atoms with van der Waals surface area (Å²) in [6.07, 6.45) is 11.3. The maximum absolute atomic E-state index is 4.53. The van der Waals surface area contributed by atoms with Crippen molar-refractivity contribution in [3.63, 3.8) is 0 Å². The van der Waals surface area contributed by atoms with Crippen LogP contribution in [0.25, 0.3) is 44.6 Å². The lowest BCUT2D eigenvalue weighted by Gasteiger charge is -2.28. The molecule has 5 aromatic heterocycles. The fourth-order valence-electron chi connectivity index (χ4n) is 4.34. The number of fused-ring (bicyclic) bond motifs is 2. The van der Waals surface area contributed by atoms with Gasteiger partial charge in [-0.1, -0.05) is 6.07 Å². The summed E-state index contributed by atoms with van der Waals surface area (Å²) in [5.41, 5.74) is 6.70. The van der Waals surface area contributed by atoms with Crippen LogP contribution in [0.15, 0.2) is 55.1 Å². The summed E-state index contributed by atoms with van der Waals surface area (Å²) in [6, 6.07) is 10.2. The van der Waals surface area contributed by atoms with Crippen LogP contribution in [0.2, 0.25) is 0 Å². The van der Waals surface area contributed by atoms with Gasteiger partial charge in [0, 0.05) is 41.8 Å². The number of hydrogen-bond donors (Lipinski definition) is 2. The Hall–Kier alpha value is -3.74. The van der Waals surface area contributed by atoms with Crippen molar-refractivity contribution < 1.29 is 0 Å². The molecule has 0 saturated carbocycles. The lowest BCUT2D eigenvalue weighted by atomic mass is 10.1. The van der Waals surface area contributed by atoms with Crippen LogP contribution in [-0.4, -0.2) is 43.2 Å². The molecule has 0 spiro atoms. The number of nitrogens with zero attached hydrogens (tertiary/aromatic N) is 5. The normalized spacial score (nSPS) is 14.6. The molecule has 7 nitrogen and oxygen atoms in total. The lowest BCUT2D eigenvalue weighted by molar-refractivity contribution is 0.578. The van der Waals surface area contributed by atoms with Crippen molar-refractivity contribution in [1.29, 1.82) is 0 Å². The maximum Gasteiger partial charge on any atom is 0.181 e. The van der Waals surface area contributed by atoms with E-state index >= 15 is 0 Å². The van der Waals surface area contributed by atoms with Gasteiger partial charge in [-0.25, -0.2) is 4.98 Å². The summed E-state index contributed by atoms with van der Waals surface area (Å²) in [4.78, 5) is 19.4. The molecular formula is C23H21N7. The Morgan fingerprint density at radius 1 is 0.900 bits per heavy atom. The SMILES string of the molecule is c1ccc(-c2cnc3n[nH]c(-c4cc5c(N6CCCCC6)cncc5[nH]4)c3c2)nc1. The van der Waals surface area contributed by atoms with E-state index in [4.69, 9.17) is 0 Å². The van der Waals surface area contributed by atoms with E-state index in [0.29, 0.717) is 5.65 Å². The molecule has 2 N–H and O–H groups in total. The first-order valence-electron chi connectivity index (χ1n) is 10.3. The van der Waals surface area contributed by atoms with Gasteiger partial charge in [-0.05, 0) is 43.5 Å². The van der Waals surface area contributed by atoms with Crippen LogP contribution in [0.1, 0.15) is 19.3 Å². The number of H-pyrrole nitrogens is 2. The largest absolute Gasteiger partial charge is 0.370 e. The quantitative estimate of drug-likeness (QED) is 0.468. The Bertz CT molecular complexity index is 1330. The van der Waals surface area contributed by atoms with E-state index in [9.17, 15) is 0 Å². The molecule has 1 saturated heterocycles. The van der Waals surface area contributed by atoms with Crippen molar-refractivity contribution in [3.05, 3.63) is 55.1 Å². The molecule has 0 atom stereocenters. The minimum atomic E-state index is 0.692. The number of anilines is 1. The Balaban J connectivity index is 1.47. The Labute approximate surface area is 173 Å². The van der Waals surface area contributed by atoms with Crippen molar-refractivity contribution in [2.24, 2.45) is 0 Å². The number of aromatic amines is 2. The molecule has 0 bridgehead atoms. The molecule has 30 heavy (non-hydrogen) atoms. The second kappa shape index (κ2) is 6.95. The molecule has 0 aliphatic carbocycles. The van der Waals surface area contributed by atoms with Crippen LogP contribution in [0.5, 0.6) is 0 Å². The van der Waals surface area contributed by atoms with Crippen LogP contribution in [-0.2, 0) is 0 Å². The smallest absolute Gasteiger partial charge is 0.181 e. The van der Waals surface area contributed by atoms with Crippen molar-refractivity contribution in [2.75, 3.05) is 18.0 Å². The number of nitrogens with one attached hydrogen (secondary N) is 2. The number of aromatic nitrogens is 6. The summed E-state index contributed by atoms with van der Waals surface area (Å²) in [6.45, 7) is 2.18. The van der Waals surface area contributed by atoms with Gasteiger partial charge >= 0.3 is 0 Å². The zero-order valence-corrected chi connectivity index (χ0v) is 16.5. The predicted octanol–water partition coefficient (Wildman–Crippen LogP) is 4.55. The topological polar surface area (TPSA) is 86.4 Å². The predicted molar refractivity (Wildman–Crippen MR) is 118 cm³/mol. The molecule has 0 aromatic carbocycles. The number of rotatable bonds is 3. The van der Waals surface area contributed by atoms with Crippen molar-refractivity contribution in [2.45, 2.75) is 19.3 Å². The van der Waals surface area contributed by atoms with Gasteiger partial charge < -0.3 is 9.88 Å². The third kappa shape index (κ3) is 2.82. The molecule has 1 aliphatic heterocycles. The average molecular weight is 395 g/mol. The molecule has 1 fully saturated rings. The first-order chi connectivity index (χ1) is 14.9. The van der Waals surface area contributed by atoms with Crippen LogP contribution >= 0.6 is 0 Å². The van der Waals surface area contributed by atoms with Gasteiger partial charge in [-0.2, -0.15) is 5.10 Å². The molecule has 7 heteroatoms. The van der Waals surface area contributed by atoms with Crippen molar-refractivity contribution in [3.8, 4) is 22.6 Å². The number of piperidine rings is 1. The minimum absolute atomic E-state index is 0.692. The van der Waals surface area contributed by atoms with Crippen LogP contribution in [0.3, 0.4) is 0 Å². The molecule has 0 radical (unpaired) electrons. The Kier molecular flexibility index (Phi) is 3.97. The molecular weight excluding hydrogens is 374 g/mol. The van der Waals surface area contributed by atoms with E-state index in [1.807, 2.05) is 36.8 Å². The van der Waals surface area contributed by atoms with Crippen LogP contribution in [0.4, 0.5) is 5.69 Å². The molecule has 5 aromatic rings. The summed E-state index contributed by atoms with van der Waals surface area (Å²) >= 11 is 0. The summed E-state index contributed by atoms with van der Waals surface area (Å²) in [5, 5.41) is 9.74. The van der Waals surface area contributed by atoms with E-state index in [0.717, 1.165) is 46.6 Å². The van der Waals surface area contributed by atoms with Crippen molar-refractivity contribution >= 4 is 27.6 Å². The second-order valence-corrected chi connectivity index (χ2v) is 7.76. The fraction of sp³-hybridized carbons (Fsp3) is 0.217. The first-order valence-corrected chi connectivity index (χ1v) is 10.3. The monoisotopic (exact) mass is 395 g/mol. The van der Waals surface area contributed by atoms with Gasteiger partial charge in [0.2, 0.25) is 0 Å². The molecule has 0 amide bonds. The molecule has 6 rings (SSSR count). The third-order valence-electron chi connectivity index (χ3n) is 5.86. The van der Waals surface area contributed by atoms with E-state index in [-0.39, 0.29) is 0 Å². The van der Waals surface area contributed by atoms with Gasteiger partial charge in [0.15, 0.2) is 5.65 Å². The minimum Gasteiger partial charge on any atom is -0.370 e. The maximum atomic E-state index is 4.53. The summed E-state index contributed by atoms with van der Waals surface area (Å²) in [7, 11) is 0. The second-order valence-electron chi connectivity index (χ2n) is 7.76. The zero-order chi connectivity index (χ0) is 19.9. The Morgan fingerprint density at radius 3 is 2.70 bits per heavy atom. The summed E-state index contributed by atoms with van der Waals surface area (Å²) in [5.74, 6) is 0. The molecule has 6 heterocycles. The van der Waals surface area contributed by atoms with E-state index < -0.39 is 0 Å².